The third-order valence-electron chi connectivity index (χ3n) is 6.50. The molecule has 0 saturated carbocycles. The van der Waals surface area contributed by atoms with Crippen molar-refractivity contribution >= 4 is 47.5 Å². The lowest BCUT2D eigenvalue weighted by atomic mass is 10.0. The number of nitrogens with two attached hydrogens (primary N) is 8. The number of carboxylic acid groups (broad SMARTS) is 1. The molecule has 4 amide bonds. The number of carbonyl (C=O) groups excluding carboxylic acids is 4. The lowest BCUT2D eigenvalue weighted by Gasteiger charge is -2.26. The molecule has 0 fully saturated rings. The molecular weight excluding hydrogens is 618 g/mol. The first-order valence-corrected chi connectivity index (χ1v) is 15.2. The summed E-state index contributed by atoms with van der Waals surface area (Å²) in [6, 6.07) is -4.78. The third-order valence-corrected chi connectivity index (χ3v) is 6.50. The van der Waals surface area contributed by atoms with E-state index in [1.165, 1.54) is 0 Å². The van der Waals surface area contributed by atoms with Crippen molar-refractivity contribution < 1.29 is 29.1 Å². The van der Waals surface area contributed by atoms with Crippen molar-refractivity contribution in [3.63, 3.8) is 0 Å². The summed E-state index contributed by atoms with van der Waals surface area (Å²) in [4.78, 5) is 75.7. The molecule has 0 saturated heterocycles. The number of aliphatic carboxylic acids is 1. The molecule has 0 aliphatic carbocycles. The summed E-state index contributed by atoms with van der Waals surface area (Å²) in [5, 5.41) is 19.8. The Morgan fingerprint density at radius 1 is 0.511 bits per heavy atom. The smallest absolute Gasteiger partial charge is 0.326 e. The molecule has 0 aromatic rings. The van der Waals surface area contributed by atoms with Crippen LogP contribution in [0.25, 0.3) is 0 Å². The van der Waals surface area contributed by atoms with Crippen LogP contribution in [0.1, 0.15) is 57.8 Å². The van der Waals surface area contributed by atoms with Crippen LogP contribution in [0.3, 0.4) is 0 Å². The summed E-state index contributed by atoms with van der Waals surface area (Å²) in [5.74, 6) is -4.58. The SMILES string of the molecule is NCCCC[C@@H](NC(=O)[C@H](CCCN=C(N)N)NC(=O)[C@H](CCCN=C(N)N)NC(=O)[C@H](CCCN=C(N)N)NC(=O)CN)C(=O)O. The Hall–Kier alpha value is -4.92. The van der Waals surface area contributed by atoms with E-state index in [1.54, 1.807) is 0 Å². The number of nitrogens with zero attached hydrogens (tertiary/aromatic N) is 3. The van der Waals surface area contributed by atoms with E-state index in [9.17, 15) is 29.1 Å². The number of nitrogens with one attached hydrogen (secondary N) is 4. The summed E-state index contributed by atoms with van der Waals surface area (Å²) in [5.41, 5.74) is 43.1. The van der Waals surface area contributed by atoms with Crippen LogP contribution < -0.4 is 67.1 Å². The van der Waals surface area contributed by atoms with Crippen LogP contribution in [0.5, 0.6) is 0 Å². The number of hydrogen-bond donors (Lipinski definition) is 13. The first kappa shape index (κ1) is 42.1. The highest BCUT2D eigenvalue weighted by Gasteiger charge is 2.31. The summed E-state index contributed by atoms with van der Waals surface area (Å²) < 4.78 is 0. The molecule has 0 aromatic heterocycles. The predicted octanol–water partition coefficient (Wildman–Crippen LogP) is -5.74. The summed E-state index contributed by atoms with van der Waals surface area (Å²) in [7, 11) is 0. The topological polar surface area (TPSA) is 399 Å². The average Bonchev–Trinajstić information content (AvgIpc) is 3.00. The minimum Gasteiger partial charge on any atom is -0.480 e. The Balaban J connectivity index is 6.09. The van der Waals surface area contributed by atoms with Crippen LogP contribution >= 0.6 is 0 Å². The Bertz CT molecular complexity index is 1090. The predicted molar refractivity (Wildman–Crippen MR) is 177 cm³/mol. The zero-order valence-electron chi connectivity index (χ0n) is 26.7. The number of guanidine groups is 3. The monoisotopic (exact) mass is 671 g/mol. The van der Waals surface area contributed by atoms with Gasteiger partial charge in [-0.3, -0.25) is 34.2 Å². The van der Waals surface area contributed by atoms with Crippen LogP contribution in [0, 0.1) is 0 Å². The van der Waals surface area contributed by atoms with Gasteiger partial charge in [-0.05, 0) is 64.3 Å². The maximum Gasteiger partial charge on any atom is 0.326 e. The van der Waals surface area contributed by atoms with Gasteiger partial charge in [-0.2, -0.15) is 0 Å². The summed E-state index contributed by atoms with van der Waals surface area (Å²) in [6.45, 7) is 0.391. The number of unbranched alkanes of at least 4 members (excludes halogenated alkanes) is 1. The zero-order valence-corrected chi connectivity index (χ0v) is 26.7. The second kappa shape index (κ2) is 24.3. The standard InChI is InChI=1S/C26H53N15O6/c27-10-2-1-6-18(23(46)47)41-22(45)17(9-5-13-37-26(33)34)40-21(44)16(8-4-12-36-25(31)32)39-20(43)15(38-19(42)14-28)7-3-11-35-24(29)30/h15-18H,1-14,27-28H2,(H,38,42)(H,39,43)(H,40,44)(H,41,45)(H,46,47)(H4,29,30,35)(H4,31,32,36)(H4,33,34,37)/t15-,16-,17-,18+/m0/s1. The van der Waals surface area contributed by atoms with E-state index in [4.69, 9.17) is 45.9 Å². The molecule has 0 unspecified atom stereocenters. The van der Waals surface area contributed by atoms with Crippen LogP contribution in [-0.4, -0.2) is 109 Å². The normalized spacial score (nSPS) is 13.1. The molecule has 0 bridgehead atoms. The molecule has 0 aliphatic rings. The van der Waals surface area contributed by atoms with Gasteiger partial charge in [-0.25, -0.2) is 4.79 Å². The fraction of sp³-hybridized carbons (Fsp3) is 0.692. The molecular formula is C26H53N15O6. The van der Waals surface area contributed by atoms with E-state index in [0.717, 1.165) is 0 Å². The number of amides is 4. The van der Waals surface area contributed by atoms with Crippen molar-refractivity contribution in [2.45, 2.75) is 82.0 Å². The second-order valence-corrected chi connectivity index (χ2v) is 10.5. The maximum atomic E-state index is 13.6. The third kappa shape index (κ3) is 20.7. The van der Waals surface area contributed by atoms with Crippen molar-refractivity contribution in [3.05, 3.63) is 0 Å². The van der Waals surface area contributed by atoms with E-state index in [1.807, 2.05) is 0 Å². The van der Waals surface area contributed by atoms with Gasteiger partial charge in [0.1, 0.15) is 24.2 Å². The van der Waals surface area contributed by atoms with Crippen molar-refractivity contribution in [1.29, 1.82) is 0 Å². The highest BCUT2D eigenvalue weighted by Crippen LogP contribution is 2.08. The largest absolute Gasteiger partial charge is 0.480 e. The van der Waals surface area contributed by atoms with Gasteiger partial charge >= 0.3 is 5.97 Å². The number of aliphatic imine (C=N–C) groups is 3. The molecule has 21 N–H and O–H groups in total. The van der Waals surface area contributed by atoms with Crippen molar-refractivity contribution in [1.82, 2.24) is 21.3 Å². The minimum atomic E-state index is -1.25. The molecule has 21 heteroatoms. The summed E-state index contributed by atoms with van der Waals surface area (Å²) in [6.07, 6.45) is 2.07. The lowest BCUT2D eigenvalue weighted by molar-refractivity contribution is -0.142. The molecule has 0 aromatic carbocycles. The van der Waals surface area contributed by atoms with Gasteiger partial charge in [0.2, 0.25) is 23.6 Å². The molecule has 4 atom stereocenters. The van der Waals surface area contributed by atoms with Crippen LogP contribution in [0.4, 0.5) is 0 Å². The highest BCUT2D eigenvalue weighted by atomic mass is 16.4. The van der Waals surface area contributed by atoms with Crippen LogP contribution in [-0.2, 0) is 24.0 Å². The fourth-order valence-corrected chi connectivity index (χ4v) is 4.14. The van der Waals surface area contributed by atoms with Gasteiger partial charge in [0.15, 0.2) is 17.9 Å². The molecule has 21 nitrogen and oxygen atoms in total. The fourth-order valence-electron chi connectivity index (χ4n) is 4.14. The molecule has 0 spiro atoms. The Labute approximate surface area is 273 Å². The van der Waals surface area contributed by atoms with Gasteiger partial charge < -0.3 is 72.2 Å². The van der Waals surface area contributed by atoms with E-state index < -0.39 is 53.8 Å². The Morgan fingerprint density at radius 2 is 0.851 bits per heavy atom. The first-order valence-electron chi connectivity index (χ1n) is 15.2. The second-order valence-electron chi connectivity index (χ2n) is 10.5. The Kier molecular flexibility index (Phi) is 21.8. The minimum absolute atomic E-state index is 0.0259. The number of rotatable bonds is 25. The maximum absolute atomic E-state index is 13.6. The molecule has 268 valence electrons. The van der Waals surface area contributed by atoms with Crippen molar-refractivity contribution in [2.75, 3.05) is 32.7 Å². The molecule has 0 heterocycles. The zero-order chi connectivity index (χ0) is 35.8. The van der Waals surface area contributed by atoms with Gasteiger partial charge in [0.25, 0.3) is 0 Å². The van der Waals surface area contributed by atoms with Gasteiger partial charge in [-0.15, -0.1) is 0 Å². The quantitative estimate of drug-likeness (QED) is 0.0244. The average molecular weight is 672 g/mol. The highest BCUT2D eigenvalue weighted by molar-refractivity contribution is 5.95. The number of carboxylic acids is 1. The van der Waals surface area contributed by atoms with E-state index in [-0.39, 0.29) is 82.6 Å². The molecule has 0 radical (unpaired) electrons. The first-order chi connectivity index (χ1) is 22.2. The lowest BCUT2D eigenvalue weighted by Crippen LogP contribution is -2.58. The van der Waals surface area contributed by atoms with Crippen molar-refractivity contribution in [3.8, 4) is 0 Å². The molecule has 47 heavy (non-hydrogen) atoms. The van der Waals surface area contributed by atoms with Gasteiger partial charge in [0, 0.05) is 19.6 Å². The van der Waals surface area contributed by atoms with E-state index in [2.05, 4.69) is 36.2 Å². The summed E-state index contributed by atoms with van der Waals surface area (Å²) >= 11 is 0. The molecule has 0 rings (SSSR count). The van der Waals surface area contributed by atoms with Gasteiger partial charge in [-0.1, -0.05) is 0 Å². The van der Waals surface area contributed by atoms with Crippen molar-refractivity contribution in [2.24, 2.45) is 60.8 Å². The van der Waals surface area contributed by atoms with E-state index >= 15 is 0 Å². The Morgan fingerprint density at radius 3 is 1.17 bits per heavy atom. The number of carbonyl (C=O) groups is 5. The van der Waals surface area contributed by atoms with E-state index in [0.29, 0.717) is 25.8 Å². The van der Waals surface area contributed by atoms with Crippen LogP contribution in [0.15, 0.2) is 15.0 Å². The van der Waals surface area contributed by atoms with Crippen LogP contribution in [0.2, 0.25) is 0 Å². The van der Waals surface area contributed by atoms with Gasteiger partial charge in [0.05, 0.1) is 6.54 Å². The number of hydrogen-bond acceptors (Lipinski definition) is 10. The molecule has 0 aliphatic heterocycles.